The van der Waals surface area contributed by atoms with Crippen molar-refractivity contribution in [3.63, 3.8) is 0 Å². The Balaban J connectivity index is 2.00. The summed E-state index contributed by atoms with van der Waals surface area (Å²) >= 11 is 1.54. The highest BCUT2D eigenvalue weighted by Crippen LogP contribution is 2.37. The molecule has 0 spiro atoms. The third kappa shape index (κ3) is 6.11. The molecule has 2 N–H and O–H groups in total. The summed E-state index contributed by atoms with van der Waals surface area (Å²) in [7, 11) is 0. The number of rotatable bonds is 9. The van der Waals surface area contributed by atoms with Crippen molar-refractivity contribution in [2.24, 2.45) is 5.92 Å². The molecule has 9 heteroatoms. The number of hydrogen-bond acceptors (Lipinski definition) is 6. The fraction of sp³-hybridized carbons (Fsp3) is 0.318. The summed E-state index contributed by atoms with van der Waals surface area (Å²) in [5.74, 6) is -0.463. The predicted octanol–water partition coefficient (Wildman–Crippen LogP) is 5.29. The van der Waals surface area contributed by atoms with E-state index in [1.165, 1.54) is 30.1 Å². The third-order valence-corrected chi connectivity index (χ3v) is 5.41. The van der Waals surface area contributed by atoms with Gasteiger partial charge in [-0.25, -0.2) is 4.79 Å². The van der Waals surface area contributed by atoms with Crippen LogP contribution in [0.2, 0.25) is 0 Å². The molecule has 0 radical (unpaired) electrons. The van der Waals surface area contributed by atoms with Crippen molar-refractivity contribution >= 4 is 29.3 Å². The molecule has 3 rings (SSSR count). The molecule has 166 valence electrons. The van der Waals surface area contributed by atoms with Gasteiger partial charge in [0.2, 0.25) is 0 Å². The lowest BCUT2D eigenvalue weighted by atomic mass is 10.1. The van der Waals surface area contributed by atoms with Crippen LogP contribution in [0.4, 0.5) is 20.2 Å². The van der Waals surface area contributed by atoms with Gasteiger partial charge in [-0.2, -0.15) is 8.78 Å². The molecule has 0 bridgehead atoms. The van der Waals surface area contributed by atoms with Gasteiger partial charge in [-0.05, 0) is 61.2 Å². The Morgan fingerprint density at radius 2 is 1.94 bits per heavy atom. The van der Waals surface area contributed by atoms with Gasteiger partial charge in [-0.15, -0.1) is 0 Å². The Morgan fingerprint density at radius 3 is 2.55 bits per heavy atom. The molecule has 0 saturated carbocycles. The minimum atomic E-state index is -2.96. The Hall–Kier alpha value is -2.78. The van der Waals surface area contributed by atoms with Gasteiger partial charge < -0.3 is 19.5 Å². The van der Waals surface area contributed by atoms with E-state index in [1.54, 1.807) is 31.2 Å². The van der Waals surface area contributed by atoms with Crippen LogP contribution in [0.25, 0.3) is 0 Å². The highest BCUT2D eigenvalue weighted by molar-refractivity contribution is 8.01. The zero-order chi connectivity index (χ0) is 22.4. The molecule has 1 unspecified atom stereocenters. The first kappa shape index (κ1) is 22.9. The van der Waals surface area contributed by atoms with E-state index in [2.05, 4.69) is 22.5 Å². The van der Waals surface area contributed by atoms with Gasteiger partial charge in [-0.3, -0.25) is 4.72 Å². The molecule has 6 nitrogen and oxygen atoms in total. The molecule has 1 aliphatic heterocycles. The zero-order valence-electron chi connectivity index (χ0n) is 17.2. The summed E-state index contributed by atoms with van der Waals surface area (Å²) in [5.41, 5.74) is 1.64. The summed E-state index contributed by atoms with van der Waals surface area (Å²) in [6.45, 7) is 2.59. The maximum Gasteiger partial charge on any atom is 0.387 e. The van der Waals surface area contributed by atoms with Gasteiger partial charge in [0.05, 0.1) is 18.7 Å². The van der Waals surface area contributed by atoms with Crippen LogP contribution in [0, 0.1) is 5.92 Å². The fourth-order valence-corrected chi connectivity index (χ4v) is 4.18. The van der Waals surface area contributed by atoms with Crippen molar-refractivity contribution in [3.8, 4) is 11.5 Å². The minimum Gasteiger partial charge on any atom is -0.490 e. The topological polar surface area (TPSA) is 71.0 Å². The summed E-state index contributed by atoms with van der Waals surface area (Å²) in [6.07, 6.45) is 2.18. The summed E-state index contributed by atoms with van der Waals surface area (Å²) in [5, 5.41) is 9.19. The number of benzene rings is 2. The van der Waals surface area contributed by atoms with Crippen LogP contribution in [0.5, 0.6) is 11.5 Å². The second kappa shape index (κ2) is 10.5. The number of hydrogen-bond donors (Lipinski definition) is 2. The summed E-state index contributed by atoms with van der Waals surface area (Å²) in [4.78, 5) is 14.3. The van der Waals surface area contributed by atoms with E-state index < -0.39 is 12.6 Å². The lowest BCUT2D eigenvalue weighted by Gasteiger charge is -2.29. The lowest BCUT2D eigenvalue weighted by molar-refractivity contribution is -0.0514. The lowest BCUT2D eigenvalue weighted by Crippen LogP contribution is -2.25. The first-order valence-corrected chi connectivity index (χ1v) is 10.6. The molecular formula is C22H24F2N2O4S. The predicted molar refractivity (Wildman–Crippen MR) is 117 cm³/mol. The molecule has 0 saturated heterocycles. The largest absolute Gasteiger partial charge is 0.490 e. The SMILES string of the molecule is CCOc1cc(N(CC2=CC(C)CNS2)c2ccc(C(=O)O)cc2)ccc1OC(F)F. The van der Waals surface area contributed by atoms with Crippen molar-refractivity contribution in [1.82, 2.24) is 4.72 Å². The van der Waals surface area contributed by atoms with Crippen molar-refractivity contribution in [2.75, 3.05) is 24.6 Å². The molecule has 1 atom stereocenters. The smallest absolute Gasteiger partial charge is 0.387 e. The van der Waals surface area contributed by atoms with Gasteiger partial charge in [0.15, 0.2) is 11.5 Å². The number of carboxylic acids is 1. The van der Waals surface area contributed by atoms with Crippen LogP contribution in [0.3, 0.4) is 0 Å². The highest BCUT2D eigenvalue weighted by Gasteiger charge is 2.19. The molecule has 1 heterocycles. The van der Waals surface area contributed by atoms with E-state index in [4.69, 9.17) is 4.74 Å². The Labute approximate surface area is 184 Å². The molecule has 0 aliphatic carbocycles. The highest BCUT2D eigenvalue weighted by atomic mass is 32.2. The van der Waals surface area contributed by atoms with E-state index in [9.17, 15) is 18.7 Å². The van der Waals surface area contributed by atoms with Crippen LogP contribution >= 0.6 is 11.9 Å². The number of nitrogens with zero attached hydrogens (tertiary/aromatic N) is 1. The van der Waals surface area contributed by atoms with Crippen LogP contribution in [0.1, 0.15) is 24.2 Å². The average Bonchev–Trinajstić information content (AvgIpc) is 2.73. The molecule has 1 aliphatic rings. The average molecular weight is 451 g/mol. The van der Waals surface area contributed by atoms with E-state index >= 15 is 0 Å². The molecule has 0 amide bonds. The minimum absolute atomic E-state index is 0.0386. The first-order chi connectivity index (χ1) is 14.9. The second-order valence-corrected chi connectivity index (χ2v) is 7.96. The van der Waals surface area contributed by atoms with Crippen molar-refractivity contribution in [1.29, 1.82) is 0 Å². The Bertz CT molecular complexity index is 938. The molecular weight excluding hydrogens is 426 g/mol. The van der Waals surface area contributed by atoms with Crippen molar-refractivity contribution in [3.05, 3.63) is 59.0 Å². The standard InChI is InChI=1S/C22H24F2N2O4S/c1-3-29-20-11-17(8-9-19(20)30-22(23)24)26(13-18-10-14(2)12-25-31-18)16-6-4-15(5-7-16)21(27)28/h4-11,14,22,25H,3,12-13H2,1-2H3,(H,27,28). The number of carbonyl (C=O) groups is 1. The van der Waals surface area contributed by atoms with E-state index in [0.717, 1.165) is 17.1 Å². The maximum atomic E-state index is 12.8. The van der Waals surface area contributed by atoms with Gasteiger partial charge in [-0.1, -0.05) is 13.0 Å². The molecule has 2 aromatic carbocycles. The Morgan fingerprint density at radius 1 is 1.23 bits per heavy atom. The van der Waals surface area contributed by atoms with Gasteiger partial charge in [0.1, 0.15) is 0 Å². The molecule has 0 aromatic heterocycles. The van der Waals surface area contributed by atoms with Crippen LogP contribution in [-0.4, -0.2) is 37.4 Å². The van der Waals surface area contributed by atoms with Crippen LogP contribution in [-0.2, 0) is 0 Å². The van der Waals surface area contributed by atoms with Gasteiger partial charge in [0, 0.05) is 28.9 Å². The second-order valence-electron chi connectivity index (χ2n) is 6.94. The normalized spacial score (nSPS) is 16.0. The fourth-order valence-electron chi connectivity index (χ4n) is 3.16. The Kier molecular flexibility index (Phi) is 7.75. The number of alkyl halides is 2. The van der Waals surface area contributed by atoms with Crippen LogP contribution < -0.4 is 19.1 Å². The van der Waals surface area contributed by atoms with Crippen molar-refractivity contribution in [2.45, 2.75) is 20.5 Å². The summed E-state index contributed by atoms with van der Waals surface area (Å²) < 4.78 is 38.9. The number of ether oxygens (including phenoxy) is 2. The summed E-state index contributed by atoms with van der Waals surface area (Å²) in [6, 6.07) is 11.3. The van der Waals surface area contributed by atoms with Crippen molar-refractivity contribution < 1.29 is 28.2 Å². The number of carboxylic acid groups (broad SMARTS) is 1. The van der Waals surface area contributed by atoms with Crippen LogP contribution in [0.15, 0.2) is 53.4 Å². The van der Waals surface area contributed by atoms with Gasteiger partial charge >= 0.3 is 12.6 Å². The molecule has 2 aromatic rings. The molecule has 31 heavy (non-hydrogen) atoms. The maximum absolute atomic E-state index is 12.8. The molecule has 0 fully saturated rings. The number of aromatic carboxylic acids is 1. The quantitative estimate of drug-likeness (QED) is 0.503. The third-order valence-electron chi connectivity index (χ3n) is 4.57. The first-order valence-electron chi connectivity index (χ1n) is 9.80. The van der Waals surface area contributed by atoms with Gasteiger partial charge in [0.25, 0.3) is 0 Å². The number of nitrogens with one attached hydrogen (secondary N) is 1. The monoisotopic (exact) mass is 450 g/mol. The van der Waals surface area contributed by atoms with E-state index in [1.807, 2.05) is 4.90 Å². The van der Waals surface area contributed by atoms with E-state index in [0.29, 0.717) is 24.8 Å². The number of halogens is 2. The number of anilines is 2. The van der Waals surface area contributed by atoms with E-state index in [-0.39, 0.29) is 17.1 Å². The zero-order valence-corrected chi connectivity index (χ0v) is 18.0.